The van der Waals surface area contributed by atoms with Gasteiger partial charge in [-0.15, -0.1) is 11.3 Å². The van der Waals surface area contributed by atoms with Crippen molar-refractivity contribution in [2.45, 2.75) is 25.9 Å². The minimum Gasteiger partial charge on any atom is -0.422 e. The Morgan fingerprint density at radius 3 is 3.00 bits per heavy atom. The molecular weight excluding hydrogens is 326 g/mol. The maximum Gasteiger partial charge on any atom is 0.345 e. The second kappa shape index (κ2) is 6.03. The molecule has 1 atom stereocenters. The smallest absolute Gasteiger partial charge is 0.345 e. The van der Waals surface area contributed by atoms with Crippen LogP contribution < -0.4 is 10.9 Å². The third-order valence-corrected chi connectivity index (χ3v) is 5.44. The zero-order valence-electron chi connectivity index (χ0n) is 13.3. The molecule has 24 heavy (non-hydrogen) atoms. The summed E-state index contributed by atoms with van der Waals surface area (Å²) in [6, 6.07) is 7.30. The Bertz CT molecular complexity index is 982. The molecule has 0 spiro atoms. The molecule has 0 bridgehead atoms. The van der Waals surface area contributed by atoms with E-state index in [2.05, 4.69) is 5.32 Å². The molecule has 1 fully saturated rings. The van der Waals surface area contributed by atoms with Crippen LogP contribution in [0.5, 0.6) is 0 Å². The normalized spacial score (nSPS) is 17.6. The van der Waals surface area contributed by atoms with Crippen molar-refractivity contribution in [1.82, 2.24) is 5.32 Å². The van der Waals surface area contributed by atoms with E-state index in [0.29, 0.717) is 22.4 Å². The van der Waals surface area contributed by atoms with Gasteiger partial charge in [0.1, 0.15) is 5.58 Å². The average Bonchev–Trinajstić information content (AvgIpc) is 3.23. The fourth-order valence-electron chi connectivity index (χ4n) is 3.02. The Hall–Kier alpha value is -2.18. The van der Waals surface area contributed by atoms with Crippen LogP contribution in [0.1, 0.15) is 28.1 Å². The van der Waals surface area contributed by atoms with Gasteiger partial charge >= 0.3 is 5.63 Å². The largest absolute Gasteiger partial charge is 0.422 e. The molecule has 1 aromatic carbocycles. The molecule has 124 valence electrons. The Balaban J connectivity index is 1.70. The molecule has 4 rings (SSSR count). The fraction of sp³-hybridized carbons (Fsp3) is 0.333. The average molecular weight is 343 g/mol. The highest BCUT2D eigenvalue weighted by Gasteiger charge is 2.19. The lowest BCUT2D eigenvalue weighted by Gasteiger charge is -2.09. The Morgan fingerprint density at radius 2 is 2.21 bits per heavy atom. The van der Waals surface area contributed by atoms with Crippen LogP contribution >= 0.6 is 11.3 Å². The minimum absolute atomic E-state index is 0.0943. The summed E-state index contributed by atoms with van der Waals surface area (Å²) < 4.78 is 11.7. The van der Waals surface area contributed by atoms with Crippen molar-refractivity contribution < 1.29 is 13.9 Å². The van der Waals surface area contributed by atoms with Gasteiger partial charge in [-0.2, -0.15) is 0 Å². The van der Waals surface area contributed by atoms with Crippen molar-refractivity contribution in [3.8, 4) is 0 Å². The monoisotopic (exact) mass is 343 g/mol. The number of thiophene rings is 1. The predicted octanol–water partition coefficient (Wildman–Crippen LogP) is 3.22. The molecule has 2 aromatic heterocycles. The maximum atomic E-state index is 12.4. The molecule has 1 amide bonds. The lowest BCUT2D eigenvalue weighted by atomic mass is 10.1. The third-order valence-electron chi connectivity index (χ3n) is 4.27. The van der Waals surface area contributed by atoms with Crippen LogP contribution in [0.4, 0.5) is 0 Å². The topological polar surface area (TPSA) is 68.5 Å². The lowest BCUT2D eigenvalue weighted by molar-refractivity contribution is 0.0861. The summed E-state index contributed by atoms with van der Waals surface area (Å²) in [7, 11) is 0. The summed E-state index contributed by atoms with van der Waals surface area (Å²) in [5.41, 5.74) is 1.22. The SMILES string of the molecule is Cc1ccc2oc(=O)c3cc(C(=O)NC[C@H]4CCCO4)sc3c2c1. The molecular formula is C18H17NO4S. The van der Waals surface area contributed by atoms with Gasteiger partial charge in [-0.1, -0.05) is 11.6 Å². The summed E-state index contributed by atoms with van der Waals surface area (Å²) >= 11 is 1.33. The van der Waals surface area contributed by atoms with Gasteiger partial charge in [-0.05, 0) is 38.0 Å². The molecule has 0 radical (unpaired) electrons. The van der Waals surface area contributed by atoms with Gasteiger partial charge in [-0.3, -0.25) is 4.79 Å². The van der Waals surface area contributed by atoms with E-state index in [1.54, 1.807) is 12.1 Å². The Labute approximate surface area is 142 Å². The molecule has 3 heterocycles. The van der Waals surface area contributed by atoms with E-state index >= 15 is 0 Å². The van der Waals surface area contributed by atoms with Crippen LogP contribution in [0, 0.1) is 6.92 Å². The number of carbonyl (C=O) groups excluding carboxylic acids is 1. The van der Waals surface area contributed by atoms with Gasteiger partial charge in [0.2, 0.25) is 0 Å². The second-order valence-electron chi connectivity index (χ2n) is 6.09. The van der Waals surface area contributed by atoms with Gasteiger partial charge < -0.3 is 14.5 Å². The summed E-state index contributed by atoms with van der Waals surface area (Å²) in [5, 5.41) is 4.22. The number of ether oxygens (including phenoxy) is 1. The quantitative estimate of drug-likeness (QED) is 0.742. The van der Waals surface area contributed by atoms with Crippen molar-refractivity contribution in [3.05, 3.63) is 45.1 Å². The first-order chi connectivity index (χ1) is 11.6. The highest BCUT2D eigenvalue weighted by Crippen LogP contribution is 2.31. The number of fused-ring (bicyclic) bond motifs is 3. The van der Waals surface area contributed by atoms with E-state index in [1.807, 2.05) is 19.1 Å². The van der Waals surface area contributed by atoms with Gasteiger partial charge in [0.25, 0.3) is 5.91 Å². The Morgan fingerprint density at radius 1 is 1.33 bits per heavy atom. The first kappa shape index (κ1) is 15.4. The van der Waals surface area contributed by atoms with Gasteiger partial charge in [0, 0.05) is 18.5 Å². The molecule has 0 aliphatic carbocycles. The number of rotatable bonds is 3. The number of hydrogen-bond donors (Lipinski definition) is 1. The van der Waals surface area contributed by atoms with Gasteiger partial charge in [0.15, 0.2) is 0 Å². The molecule has 0 saturated carbocycles. The number of benzene rings is 1. The van der Waals surface area contributed by atoms with E-state index < -0.39 is 5.63 Å². The van der Waals surface area contributed by atoms with E-state index in [-0.39, 0.29) is 12.0 Å². The maximum absolute atomic E-state index is 12.4. The molecule has 1 aliphatic rings. The second-order valence-corrected chi connectivity index (χ2v) is 7.14. The predicted molar refractivity (Wildman–Crippen MR) is 93.9 cm³/mol. The molecule has 1 aliphatic heterocycles. The summed E-state index contributed by atoms with van der Waals surface area (Å²) in [6.07, 6.45) is 2.10. The van der Waals surface area contributed by atoms with Crippen molar-refractivity contribution in [2.24, 2.45) is 0 Å². The van der Waals surface area contributed by atoms with Crippen LogP contribution in [-0.2, 0) is 4.74 Å². The van der Waals surface area contributed by atoms with Crippen molar-refractivity contribution in [3.63, 3.8) is 0 Å². The highest BCUT2D eigenvalue weighted by molar-refractivity contribution is 7.21. The van der Waals surface area contributed by atoms with Crippen LogP contribution in [0.25, 0.3) is 21.1 Å². The van der Waals surface area contributed by atoms with Crippen molar-refractivity contribution in [2.75, 3.05) is 13.2 Å². The van der Waals surface area contributed by atoms with E-state index in [0.717, 1.165) is 35.1 Å². The molecule has 5 nitrogen and oxygen atoms in total. The van der Waals surface area contributed by atoms with Crippen molar-refractivity contribution in [1.29, 1.82) is 0 Å². The van der Waals surface area contributed by atoms with Crippen LogP contribution in [-0.4, -0.2) is 25.2 Å². The van der Waals surface area contributed by atoms with Crippen LogP contribution in [0.15, 0.2) is 33.5 Å². The van der Waals surface area contributed by atoms with E-state index in [9.17, 15) is 9.59 Å². The van der Waals surface area contributed by atoms with Crippen molar-refractivity contribution >= 4 is 38.3 Å². The molecule has 3 aromatic rings. The molecule has 0 unspecified atom stereocenters. The number of nitrogens with one attached hydrogen (secondary N) is 1. The highest BCUT2D eigenvalue weighted by atomic mass is 32.1. The summed E-state index contributed by atoms with van der Waals surface area (Å²) in [5.74, 6) is -0.174. The van der Waals surface area contributed by atoms with Crippen LogP contribution in [0.2, 0.25) is 0 Å². The third kappa shape index (κ3) is 2.72. The zero-order valence-corrected chi connectivity index (χ0v) is 14.1. The minimum atomic E-state index is -0.407. The summed E-state index contributed by atoms with van der Waals surface area (Å²) in [4.78, 5) is 25.1. The van der Waals surface area contributed by atoms with Crippen LogP contribution in [0.3, 0.4) is 0 Å². The number of hydrogen-bond acceptors (Lipinski definition) is 5. The number of amides is 1. The first-order valence-corrected chi connectivity index (χ1v) is 8.80. The summed E-state index contributed by atoms with van der Waals surface area (Å²) in [6.45, 7) is 3.25. The van der Waals surface area contributed by atoms with E-state index in [4.69, 9.17) is 9.15 Å². The first-order valence-electron chi connectivity index (χ1n) is 7.98. The van der Waals surface area contributed by atoms with Gasteiger partial charge in [0.05, 0.1) is 21.1 Å². The Kier molecular flexibility index (Phi) is 3.86. The lowest BCUT2D eigenvalue weighted by Crippen LogP contribution is -2.31. The number of aryl methyl sites for hydroxylation is 1. The molecule has 1 saturated heterocycles. The fourth-order valence-corrected chi connectivity index (χ4v) is 4.10. The number of carbonyl (C=O) groups is 1. The van der Waals surface area contributed by atoms with Gasteiger partial charge in [-0.25, -0.2) is 4.79 Å². The zero-order chi connectivity index (χ0) is 16.7. The van der Waals surface area contributed by atoms with E-state index in [1.165, 1.54) is 11.3 Å². The molecule has 1 N–H and O–H groups in total. The molecule has 6 heteroatoms. The standard InChI is InChI=1S/C18H17NO4S/c1-10-4-5-14-12(7-10)16-13(18(21)23-14)8-15(24-16)17(20)19-9-11-3-2-6-22-11/h4-5,7-8,11H,2-3,6,9H2,1H3,(H,19,20)/t11-/m1/s1.